The van der Waals surface area contributed by atoms with Gasteiger partial charge in [-0.05, 0) is 31.0 Å². The summed E-state index contributed by atoms with van der Waals surface area (Å²) >= 11 is 3.19. The second-order valence-corrected chi connectivity index (χ2v) is 5.54. The number of nitrogens with one attached hydrogen (secondary N) is 2. The predicted octanol–water partition coefficient (Wildman–Crippen LogP) is 2.34. The van der Waals surface area contributed by atoms with E-state index in [1.54, 1.807) is 0 Å². The Morgan fingerprint density at radius 3 is 2.86 bits per heavy atom. The van der Waals surface area contributed by atoms with E-state index < -0.39 is 23.9 Å². The number of halogens is 2. The van der Waals surface area contributed by atoms with Crippen LogP contribution in [0.4, 0.5) is 14.9 Å². The lowest BCUT2D eigenvalue weighted by atomic mass is 10.2. The molecule has 1 aromatic carbocycles. The Labute approximate surface area is 128 Å². The average Bonchev–Trinajstić information content (AvgIpc) is 2.90. The first-order valence-corrected chi connectivity index (χ1v) is 7.13. The lowest BCUT2D eigenvalue weighted by Crippen LogP contribution is -2.36. The van der Waals surface area contributed by atoms with Crippen molar-refractivity contribution >= 4 is 33.6 Å². The predicted molar refractivity (Wildman–Crippen MR) is 76.7 cm³/mol. The molecule has 0 bridgehead atoms. The summed E-state index contributed by atoms with van der Waals surface area (Å²) in [6.45, 7) is 0.172. The van der Waals surface area contributed by atoms with Crippen molar-refractivity contribution in [1.82, 2.24) is 5.32 Å². The fraction of sp³-hybridized carbons (Fsp3) is 0.385. The van der Waals surface area contributed by atoms with E-state index in [0.29, 0.717) is 17.3 Å². The average molecular weight is 361 g/mol. The van der Waals surface area contributed by atoms with E-state index in [1.807, 2.05) is 0 Å². The van der Waals surface area contributed by atoms with Gasteiger partial charge in [0.1, 0.15) is 5.82 Å². The molecule has 8 heteroatoms. The highest BCUT2D eigenvalue weighted by atomic mass is 79.9. The van der Waals surface area contributed by atoms with Gasteiger partial charge in [-0.1, -0.05) is 15.9 Å². The maximum absolute atomic E-state index is 13.5. The molecule has 2 amide bonds. The summed E-state index contributed by atoms with van der Waals surface area (Å²) < 4.78 is 19.3. The minimum atomic E-state index is -1.00. The summed E-state index contributed by atoms with van der Waals surface area (Å²) in [4.78, 5) is 22.4. The number of aliphatic carboxylic acids is 1. The van der Waals surface area contributed by atoms with Gasteiger partial charge in [-0.15, -0.1) is 0 Å². The molecule has 0 saturated carbocycles. The van der Waals surface area contributed by atoms with Gasteiger partial charge in [0, 0.05) is 11.0 Å². The SMILES string of the molecule is O=C(NCC1CCC(C(=O)O)O1)Nc1cc(Br)ccc1F. The molecule has 0 radical (unpaired) electrons. The van der Waals surface area contributed by atoms with E-state index in [2.05, 4.69) is 26.6 Å². The third-order valence-electron chi connectivity index (χ3n) is 3.05. The van der Waals surface area contributed by atoms with Crippen molar-refractivity contribution in [3.63, 3.8) is 0 Å². The van der Waals surface area contributed by atoms with Crippen molar-refractivity contribution in [3.05, 3.63) is 28.5 Å². The highest BCUT2D eigenvalue weighted by molar-refractivity contribution is 9.10. The van der Waals surface area contributed by atoms with Crippen molar-refractivity contribution in [2.75, 3.05) is 11.9 Å². The molecule has 3 N–H and O–H groups in total. The number of ether oxygens (including phenoxy) is 1. The minimum absolute atomic E-state index is 0.0534. The van der Waals surface area contributed by atoms with Gasteiger partial charge in [0.15, 0.2) is 6.10 Å². The van der Waals surface area contributed by atoms with Gasteiger partial charge < -0.3 is 20.5 Å². The van der Waals surface area contributed by atoms with Crippen LogP contribution in [0.25, 0.3) is 0 Å². The first kappa shape index (κ1) is 15.7. The van der Waals surface area contributed by atoms with Gasteiger partial charge in [-0.2, -0.15) is 0 Å². The molecule has 0 aromatic heterocycles. The van der Waals surface area contributed by atoms with Crippen LogP contribution in [0.5, 0.6) is 0 Å². The van der Waals surface area contributed by atoms with Gasteiger partial charge in [0.05, 0.1) is 11.8 Å². The van der Waals surface area contributed by atoms with E-state index in [1.165, 1.54) is 18.2 Å². The van der Waals surface area contributed by atoms with Gasteiger partial charge >= 0.3 is 12.0 Å². The fourth-order valence-corrected chi connectivity index (χ4v) is 2.36. The first-order valence-electron chi connectivity index (χ1n) is 6.34. The van der Waals surface area contributed by atoms with Gasteiger partial charge in [0.2, 0.25) is 0 Å². The van der Waals surface area contributed by atoms with Gasteiger partial charge in [-0.25, -0.2) is 14.0 Å². The number of benzene rings is 1. The summed E-state index contributed by atoms with van der Waals surface area (Å²) in [5.74, 6) is -1.55. The van der Waals surface area contributed by atoms with Crippen LogP contribution in [-0.2, 0) is 9.53 Å². The Kier molecular flexibility index (Phi) is 5.13. The van der Waals surface area contributed by atoms with Crippen molar-refractivity contribution in [2.45, 2.75) is 25.0 Å². The van der Waals surface area contributed by atoms with E-state index in [9.17, 15) is 14.0 Å². The third-order valence-corrected chi connectivity index (χ3v) is 3.54. The monoisotopic (exact) mass is 360 g/mol. The van der Waals surface area contributed by atoms with E-state index in [4.69, 9.17) is 9.84 Å². The van der Waals surface area contributed by atoms with Crippen LogP contribution in [-0.4, -0.2) is 35.9 Å². The molecule has 114 valence electrons. The van der Waals surface area contributed by atoms with Gasteiger partial charge in [-0.3, -0.25) is 0 Å². The Hall–Kier alpha value is -1.67. The number of carbonyl (C=O) groups excluding carboxylic acids is 1. The quantitative estimate of drug-likeness (QED) is 0.768. The Bertz CT molecular complexity index is 555. The molecule has 1 aliphatic heterocycles. The highest BCUT2D eigenvalue weighted by Gasteiger charge is 2.30. The van der Waals surface area contributed by atoms with Crippen LogP contribution < -0.4 is 10.6 Å². The molecule has 21 heavy (non-hydrogen) atoms. The maximum Gasteiger partial charge on any atom is 0.332 e. The number of amides is 2. The Morgan fingerprint density at radius 2 is 2.19 bits per heavy atom. The summed E-state index contributed by atoms with van der Waals surface area (Å²) in [5.41, 5.74) is 0.0534. The summed E-state index contributed by atoms with van der Waals surface area (Å²) in [5, 5.41) is 13.7. The Morgan fingerprint density at radius 1 is 1.43 bits per heavy atom. The molecule has 0 spiro atoms. The molecule has 1 heterocycles. The van der Waals surface area contributed by atoms with Crippen molar-refractivity contribution < 1.29 is 23.8 Å². The lowest BCUT2D eigenvalue weighted by Gasteiger charge is -2.13. The number of carboxylic acids is 1. The van der Waals surface area contributed by atoms with Crippen LogP contribution in [0, 0.1) is 5.82 Å². The number of carbonyl (C=O) groups is 2. The summed E-state index contributed by atoms with van der Waals surface area (Å²) in [6, 6.07) is 3.63. The number of carboxylic acid groups (broad SMARTS) is 1. The normalized spacial score (nSPS) is 21.0. The standard InChI is InChI=1S/C13H14BrFN2O4/c14-7-1-3-9(15)10(5-7)17-13(20)16-6-8-2-4-11(21-8)12(18)19/h1,3,5,8,11H,2,4,6H2,(H,18,19)(H2,16,17,20). The van der Waals surface area contributed by atoms with E-state index >= 15 is 0 Å². The van der Waals surface area contributed by atoms with Crippen LogP contribution >= 0.6 is 15.9 Å². The van der Waals surface area contributed by atoms with Crippen molar-refractivity contribution in [1.29, 1.82) is 0 Å². The second-order valence-electron chi connectivity index (χ2n) is 4.62. The molecule has 2 unspecified atom stereocenters. The van der Waals surface area contributed by atoms with Crippen LogP contribution in [0.15, 0.2) is 22.7 Å². The van der Waals surface area contributed by atoms with Crippen LogP contribution in [0.1, 0.15) is 12.8 Å². The van der Waals surface area contributed by atoms with Gasteiger partial charge in [0.25, 0.3) is 0 Å². The summed E-state index contributed by atoms with van der Waals surface area (Å²) in [6.07, 6.45) is -0.182. The molecule has 1 aromatic rings. The molecule has 2 atom stereocenters. The third kappa shape index (κ3) is 4.40. The largest absolute Gasteiger partial charge is 0.479 e. The van der Waals surface area contributed by atoms with E-state index in [-0.39, 0.29) is 18.3 Å². The highest BCUT2D eigenvalue weighted by Crippen LogP contribution is 2.21. The van der Waals surface area contributed by atoms with Crippen molar-refractivity contribution in [2.24, 2.45) is 0 Å². The number of anilines is 1. The zero-order valence-electron chi connectivity index (χ0n) is 10.9. The molecular formula is C13H14BrFN2O4. The van der Waals surface area contributed by atoms with Crippen molar-refractivity contribution in [3.8, 4) is 0 Å². The summed E-state index contributed by atoms with van der Waals surface area (Å²) in [7, 11) is 0. The molecular weight excluding hydrogens is 347 g/mol. The number of hydrogen-bond donors (Lipinski definition) is 3. The molecule has 1 aliphatic rings. The van der Waals surface area contributed by atoms with E-state index in [0.717, 1.165) is 0 Å². The molecule has 2 rings (SSSR count). The molecule has 1 fully saturated rings. The van der Waals surface area contributed by atoms with Crippen LogP contribution in [0.3, 0.4) is 0 Å². The zero-order chi connectivity index (χ0) is 15.4. The number of hydrogen-bond acceptors (Lipinski definition) is 3. The Balaban J connectivity index is 1.80. The molecule has 1 saturated heterocycles. The lowest BCUT2D eigenvalue weighted by molar-refractivity contribution is -0.149. The topological polar surface area (TPSA) is 87.7 Å². The maximum atomic E-state index is 13.5. The fourth-order valence-electron chi connectivity index (χ4n) is 2.00. The minimum Gasteiger partial charge on any atom is -0.479 e. The number of rotatable bonds is 4. The van der Waals surface area contributed by atoms with Crippen LogP contribution in [0.2, 0.25) is 0 Å². The second kappa shape index (κ2) is 6.86. The molecule has 6 nitrogen and oxygen atoms in total. The first-order chi connectivity index (χ1) is 9.95. The zero-order valence-corrected chi connectivity index (χ0v) is 12.5. The molecule has 0 aliphatic carbocycles. The number of urea groups is 1. The smallest absolute Gasteiger partial charge is 0.332 e.